The first-order valence-electron chi connectivity index (χ1n) is 6.80. The average molecular weight is 261 g/mol. The lowest BCUT2D eigenvalue weighted by Gasteiger charge is -2.43. The van der Waals surface area contributed by atoms with E-state index in [-0.39, 0.29) is 17.4 Å². The molecule has 2 aliphatic rings. The third-order valence-corrected chi connectivity index (χ3v) is 4.18. The number of rotatable bonds is 1. The summed E-state index contributed by atoms with van der Waals surface area (Å²) in [6, 6.07) is 4.97. The summed E-state index contributed by atoms with van der Waals surface area (Å²) < 4.78 is 1.87. The number of pyridine rings is 1. The number of likely N-dealkylation sites (tertiary alicyclic amines) is 1. The van der Waals surface area contributed by atoms with Crippen LogP contribution in [0.5, 0.6) is 0 Å². The zero-order valence-electron chi connectivity index (χ0n) is 11.1. The van der Waals surface area contributed by atoms with Crippen LogP contribution in [0, 0.1) is 5.92 Å². The van der Waals surface area contributed by atoms with Crippen LogP contribution in [0.3, 0.4) is 0 Å². The van der Waals surface area contributed by atoms with Gasteiger partial charge in [0.2, 0.25) is 5.91 Å². The van der Waals surface area contributed by atoms with Crippen LogP contribution in [0.1, 0.15) is 25.0 Å². The molecule has 0 unspecified atom stereocenters. The molecule has 0 aromatic carbocycles. The Labute approximate surface area is 112 Å². The molecule has 0 radical (unpaired) electrons. The van der Waals surface area contributed by atoms with Gasteiger partial charge in [0.25, 0.3) is 5.56 Å². The number of hydrogen-bond donors (Lipinski definition) is 1. The van der Waals surface area contributed by atoms with Crippen LogP contribution in [0.15, 0.2) is 23.0 Å². The zero-order valence-corrected chi connectivity index (χ0v) is 11.1. The molecule has 1 saturated heterocycles. The Morgan fingerprint density at radius 2 is 2.16 bits per heavy atom. The number of carbonyl (C=O) groups excluding carboxylic acids is 1. The third kappa shape index (κ3) is 2.08. The summed E-state index contributed by atoms with van der Waals surface area (Å²) in [6.07, 6.45) is 1.06. The predicted octanol–water partition coefficient (Wildman–Crippen LogP) is 0.141. The molecule has 19 heavy (non-hydrogen) atoms. The summed E-state index contributed by atoms with van der Waals surface area (Å²) in [5.41, 5.74) is 6.82. The summed E-state index contributed by atoms with van der Waals surface area (Å²) in [7, 11) is 0. The zero-order chi connectivity index (χ0) is 13.6. The second-order valence-corrected chi connectivity index (χ2v) is 5.73. The van der Waals surface area contributed by atoms with E-state index in [1.807, 2.05) is 15.5 Å². The maximum absolute atomic E-state index is 12.0. The number of carbonyl (C=O) groups is 1. The van der Waals surface area contributed by atoms with E-state index in [0.29, 0.717) is 19.0 Å². The molecule has 1 aromatic heterocycles. The Bertz CT molecular complexity index is 564. The number of piperidine rings is 1. The molecule has 2 N–H and O–H groups in total. The lowest BCUT2D eigenvalue weighted by Crippen LogP contribution is -2.52. The van der Waals surface area contributed by atoms with Crippen molar-refractivity contribution < 1.29 is 4.79 Å². The highest BCUT2D eigenvalue weighted by Gasteiger charge is 2.36. The largest absolute Gasteiger partial charge is 0.340 e. The molecule has 5 nitrogen and oxygen atoms in total. The maximum atomic E-state index is 12.0. The summed E-state index contributed by atoms with van der Waals surface area (Å²) in [5.74, 6) is 0.652. The fourth-order valence-electron chi connectivity index (χ4n) is 3.36. The van der Waals surface area contributed by atoms with Crippen LogP contribution in [-0.4, -0.2) is 34.5 Å². The molecule has 0 aliphatic carbocycles. The molecule has 102 valence electrons. The molecule has 5 heteroatoms. The van der Waals surface area contributed by atoms with Gasteiger partial charge in [-0.1, -0.05) is 6.07 Å². The molecule has 0 saturated carbocycles. The maximum Gasteiger partial charge on any atom is 0.250 e. The van der Waals surface area contributed by atoms with Crippen LogP contribution >= 0.6 is 0 Å². The summed E-state index contributed by atoms with van der Waals surface area (Å²) in [5, 5.41) is 0. The lowest BCUT2D eigenvalue weighted by atomic mass is 9.83. The van der Waals surface area contributed by atoms with Gasteiger partial charge >= 0.3 is 0 Å². The van der Waals surface area contributed by atoms with E-state index in [2.05, 4.69) is 0 Å². The Kier molecular flexibility index (Phi) is 2.93. The highest BCUT2D eigenvalue weighted by Crippen LogP contribution is 2.34. The Morgan fingerprint density at radius 3 is 2.89 bits per heavy atom. The first kappa shape index (κ1) is 12.4. The van der Waals surface area contributed by atoms with Crippen molar-refractivity contribution in [3.63, 3.8) is 0 Å². The molecule has 1 aromatic rings. The van der Waals surface area contributed by atoms with Crippen LogP contribution in [-0.2, 0) is 11.3 Å². The Balaban J connectivity index is 1.92. The first-order chi connectivity index (χ1) is 9.06. The van der Waals surface area contributed by atoms with Crippen molar-refractivity contribution in [1.82, 2.24) is 9.47 Å². The quantitative estimate of drug-likeness (QED) is 0.782. The fraction of sp³-hybridized carbons (Fsp3) is 0.571. The van der Waals surface area contributed by atoms with Gasteiger partial charge in [-0.2, -0.15) is 0 Å². The Morgan fingerprint density at radius 1 is 1.37 bits per heavy atom. The molecule has 0 spiro atoms. The molecule has 3 rings (SSSR count). The van der Waals surface area contributed by atoms with Crippen molar-refractivity contribution in [1.29, 1.82) is 0 Å². The number of hydrogen-bond acceptors (Lipinski definition) is 3. The number of fused-ring (bicyclic) bond motifs is 4. The van der Waals surface area contributed by atoms with Gasteiger partial charge < -0.3 is 15.2 Å². The fourth-order valence-corrected chi connectivity index (χ4v) is 3.36. The summed E-state index contributed by atoms with van der Waals surface area (Å²) in [6.45, 7) is 3.84. The van der Waals surface area contributed by atoms with E-state index in [4.69, 9.17) is 5.73 Å². The third-order valence-electron chi connectivity index (χ3n) is 4.18. The van der Waals surface area contributed by atoms with Crippen LogP contribution in [0.4, 0.5) is 0 Å². The van der Waals surface area contributed by atoms with E-state index in [9.17, 15) is 9.59 Å². The van der Waals surface area contributed by atoms with Gasteiger partial charge in [0.05, 0.1) is 6.04 Å². The van der Waals surface area contributed by atoms with Gasteiger partial charge in [0, 0.05) is 37.3 Å². The molecule has 2 aliphatic heterocycles. The number of nitrogens with two attached hydrogens (primary N) is 1. The van der Waals surface area contributed by atoms with Crippen molar-refractivity contribution in [2.24, 2.45) is 11.7 Å². The monoisotopic (exact) mass is 261 g/mol. The number of nitrogens with zero attached hydrogens (tertiary/aromatic N) is 2. The minimum Gasteiger partial charge on any atom is -0.340 e. The molecule has 3 heterocycles. The van der Waals surface area contributed by atoms with Crippen molar-refractivity contribution in [3.05, 3.63) is 34.2 Å². The van der Waals surface area contributed by atoms with Gasteiger partial charge in [0.1, 0.15) is 0 Å². The smallest absolute Gasteiger partial charge is 0.250 e. The first-order valence-corrected chi connectivity index (χ1v) is 6.80. The van der Waals surface area contributed by atoms with Crippen molar-refractivity contribution in [2.45, 2.75) is 31.8 Å². The van der Waals surface area contributed by atoms with Crippen molar-refractivity contribution >= 4 is 5.91 Å². The topological polar surface area (TPSA) is 68.3 Å². The summed E-state index contributed by atoms with van der Waals surface area (Å²) >= 11 is 0. The molecule has 1 fully saturated rings. The second-order valence-electron chi connectivity index (χ2n) is 5.73. The predicted molar refractivity (Wildman–Crippen MR) is 71.8 cm³/mol. The summed E-state index contributed by atoms with van der Waals surface area (Å²) in [4.78, 5) is 25.8. The van der Waals surface area contributed by atoms with E-state index in [1.165, 1.54) is 0 Å². The lowest BCUT2D eigenvalue weighted by molar-refractivity contribution is -0.134. The minimum absolute atomic E-state index is 0.0152. The highest BCUT2D eigenvalue weighted by atomic mass is 16.2. The SMILES string of the molecule is C[C@H](N)C(=O)N1C[C@H]2C[C@@H](C1)c1cccc(=O)n1C2. The normalized spacial score (nSPS) is 26.7. The van der Waals surface area contributed by atoms with E-state index in [1.54, 1.807) is 19.1 Å². The highest BCUT2D eigenvalue weighted by molar-refractivity contribution is 5.81. The van der Waals surface area contributed by atoms with E-state index >= 15 is 0 Å². The number of aromatic nitrogens is 1. The molecule has 2 bridgehead atoms. The van der Waals surface area contributed by atoms with E-state index < -0.39 is 6.04 Å². The second kappa shape index (κ2) is 4.49. The van der Waals surface area contributed by atoms with Gasteiger partial charge in [-0.05, 0) is 25.3 Å². The number of amides is 1. The van der Waals surface area contributed by atoms with Gasteiger partial charge in [-0.15, -0.1) is 0 Å². The standard InChI is InChI=1S/C14H19N3O2/c1-9(15)14(19)16-6-10-5-11(8-16)12-3-2-4-13(18)17(12)7-10/h2-4,9-11H,5-8,15H2,1H3/t9-,10+,11-/m0/s1. The van der Waals surface area contributed by atoms with Crippen LogP contribution in [0.25, 0.3) is 0 Å². The van der Waals surface area contributed by atoms with Crippen LogP contribution in [0.2, 0.25) is 0 Å². The van der Waals surface area contributed by atoms with E-state index in [0.717, 1.165) is 18.7 Å². The van der Waals surface area contributed by atoms with Crippen molar-refractivity contribution in [3.8, 4) is 0 Å². The molecule has 3 atom stereocenters. The van der Waals surface area contributed by atoms with Gasteiger partial charge in [-0.25, -0.2) is 0 Å². The Hall–Kier alpha value is -1.62. The van der Waals surface area contributed by atoms with Gasteiger partial charge in [0.15, 0.2) is 0 Å². The molecular weight excluding hydrogens is 242 g/mol. The minimum atomic E-state index is -0.447. The van der Waals surface area contributed by atoms with Crippen LogP contribution < -0.4 is 11.3 Å². The van der Waals surface area contributed by atoms with Gasteiger partial charge in [-0.3, -0.25) is 9.59 Å². The average Bonchev–Trinajstić information content (AvgIpc) is 2.39. The molecule has 1 amide bonds. The van der Waals surface area contributed by atoms with Crippen molar-refractivity contribution in [2.75, 3.05) is 13.1 Å². The molecular formula is C14H19N3O2.